The summed E-state index contributed by atoms with van der Waals surface area (Å²) < 4.78 is 29.8. The molecule has 4 heterocycles. The molecule has 2 fully saturated rings. The molecule has 5 rings (SSSR count). The largest absolute Gasteiger partial charge is 0.353 e. The molecule has 0 bridgehead atoms. The number of sulfonamides is 1. The Morgan fingerprint density at radius 1 is 0.882 bits per heavy atom. The first-order valence-corrected chi connectivity index (χ1v) is 13.5. The van der Waals surface area contributed by atoms with Crippen molar-refractivity contribution in [1.29, 1.82) is 0 Å². The van der Waals surface area contributed by atoms with E-state index < -0.39 is 10.0 Å². The predicted molar refractivity (Wildman–Crippen MR) is 132 cm³/mol. The van der Waals surface area contributed by atoms with Crippen LogP contribution in [0.1, 0.15) is 25.7 Å². The van der Waals surface area contributed by atoms with E-state index in [0.717, 1.165) is 55.5 Å². The second-order valence-corrected chi connectivity index (χ2v) is 11.0. The van der Waals surface area contributed by atoms with Gasteiger partial charge >= 0.3 is 0 Å². The normalized spacial score (nSPS) is 18.2. The number of hydrogen-bond acceptors (Lipinski definition) is 5. The summed E-state index contributed by atoms with van der Waals surface area (Å²) in [6, 6.07) is 13.0. The van der Waals surface area contributed by atoms with Crippen molar-refractivity contribution in [3.63, 3.8) is 0 Å². The molecule has 8 nitrogen and oxygen atoms in total. The molecule has 2 aromatic heterocycles. The van der Waals surface area contributed by atoms with Crippen LogP contribution in [-0.4, -0.2) is 72.3 Å². The number of hydrogen-bond donors (Lipinski definition) is 0. The van der Waals surface area contributed by atoms with Crippen LogP contribution in [0.2, 0.25) is 0 Å². The average Bonchev–Trinajstić information content (AvgIpc) is 3.06. The van der Waals surface area contributed by atoms with Crippen LogP contribution < -0.4 is 4.90 Å². The number of rotatable bonds is 5. The number of anilines is 1. The molecule has 9 heteroatoms. The Kier molecular flexibility index (Phi) is 6.56. The molecular formula is C25H31N5O3S. The van der Waals surface area contributed by atoms with Crippen molar-refractivity contribution in [3.8, 4) is 0 Å². The Balaban J connectivity index is 1.26. The van der Waals surface area contributed by atoms with E-state index in [4.69, 9.17) is 0 Å². The highest BCUT2D eigenvalue weighted by molar-refractivity contribution is 7.89. The highest BCUT2D eigenvalue weighted by Crippen LogP contribution is 2.25. The lowest BCUT2D eigenvalue weighted by Gasteiger charge is -2.35. The molecule has 0 spiro atoms. The van der Waals surface area contributed by atoms with Gasteiger partial charge in [-0.2, -0.15) is 4.31 Å². The molecule has 34 heavy (non-hydrogen) atoms. The number of aromatic nitrogens is 2. The lowest BCUT2D eigenvalue weighted by Crippen LogP contribution is -2.49. The van der Waals surface area contributed by atoms with Crippen LogP contribution >= 0.6 is 0 Å². The monoisotopic (exact) mass is 481 g/mol. The molecule has 0 N–H and O–H groups in total. The van der Waals surface area contributed by atoms with Gasteiger partial charge < -0.3 is 14.4 Å². The van der Waals surface area contributed by atoms with E-state index >= 15 is 0 Å². The van der Waals surface area contributed by atoms with Crippen molar-refractivity contribution >= 4 is 32.7 Å². The first-order chi connectivity index (χ1) is 16.5. The molecule has 2 saturated heterocycles. The van der Waals surface area contributed by atoms with Crippen LogP contribution in [-0.2, 0) is 21.4 Å². The molecule has 1 aromatic carbocycles. The van der Waals surface area contributed by atoms with Gasteiger partial charge in [0.2, 0.25) is 15.9 Å². The zero-order valence-electron chi connectivity index (χ0n) is 19.3. The summed E-state index contributed by atoms with van der Waals surface area (Å²) >= 11 is 0. The number of nitrogens with zero attached hydrogens (tertiary/aromatic N) is 5. The zero-order chi connectivity index (χ0) is 23.5. The molecular weight excluding hydrogens is 450 g/mol. The standard InChI is InChI=1S/C25H31N5O3S/c31-25(28-17-15-27(16-18-28)24-7-3-4-11-26-24)20-29-14-10-21-19-22(8-9-23(21)29)34(32,33)30-12-5-1-2-6-13-30/h3-4,7-11,14,19H,1-2,5-6,12-13,15-18,20H2. The fraction of sp³-hybridized carbons (Fsp3) is 0.440. The second kappa shape index (κ2) is 9.76. The highest BCUT2D eigenvalue weighted by atomic mass is 32.2. The Labute approximate surface area is 200 Å². The minimum absolute atomic E-state index is 0.0689. The van der Waals surface area contributed by atoms with Gasteiger partial charge in [-0.25, -0.2) is 13.4 Å². The van der Waals surface area contributed by atoms with E-state index in [0.29, 0.717) is 31.1 Å². The first kappa shape index (κ1) is 22.9. The van der Waals surface area contributed by atoms with Crippen molar-refractivity contribution in [2.75, 3.05) is 44.2 Å². The van der Waals surface area contributed by atoms with E-state index in [1.54, 1.807) is 22.6 Å². The quantitative estimate of drug-likeness (QED) is 0.560. The molecule has 180 valence electrons. The molecule has 3 aromatic rings. The Hall–Kier alpha value is -2.91. The van der Waals surface area contributed by atoms with Crippen molar-refractivity contribution in [2.24, 2.45) is 0 Å². The Morgan fingerprint density at radius 3 is 2.35 bits per heavy atom. The lowest BCUT2D eigenvalue weighted by molar-refractivity contribution is -0.132. The summed E-state index contributed by atoms with van der Waals surface area (Å²) in [7, 11) is -3.50. The van der Waals surface area contributed by atoms with Crippen molar-refractivity contribution < 1.29 is 13.2 Å². The fourth-order valence-corrected chi connectivity index (χ4v) is 6.43. The summed E-state index contributed by atoms with van der Waals surface area (Å²) in [5.41, 5.74) is 0.871. The highest BCUT2D eigenvalue weighted by Gasteiger charge is 2.26. The second-order valence-electron chi connectivity index (χ2n) is 9.04. The third kappa shape index (κ3) is 4.67. The number of pyridine rings is 1. The minimum atomic E-state index is -3.50. The number of benzene rings is 1. The third-order valence-corrected chi connectivity index (χ3v) is 8.75. The van der Waals surface area contributed by atoms with Gasteiger partial charge in [0.05, 0.1) is 4.90 Å². The molecule has 0 radical (unpaired) electrons. The van der Waals surface area contributed by atoms with E-state index in [-0.39, 0.29) is 12.5 Å². The van der Waals surface area contributed by atoms with Gasteiger partial charge in [0.1, 0.15) is 12.4 Å². The van der Waals surface area contributed by atoms with Gasteiger partial charge in [-0.1, -0.05) is 18.9 Å². The average molecular weight is 482 g/mol. The summed E-state index contributed by atoms with van der Waals surface area (Å²) in [6.45, 7) is 4.25. The zero-order valence-corrected chi connectivity index (χ0v) is 20.2. The van der Waals surface area contributed by atoms with Gasteiger partial charge in [-0.05, 0) is 49.2 Å². The van der Waals surface area contributed by atoms with Gasteiger partial charge in [-0.3, -0.25) is 4.79 Å². The first-order valence-electron chi connectivity index (χ1n) is 12.1. The minimum Gasteiger partial charge on any atom is -0.353 e. The summed E-state index contributed by atoms with van der Waals surface area (Å²) in [4.78, 5) is 21.8. The summed E-state index contributed by atoms with van der Waals surface area (Å²) in [5, 5.41) is 0.837. The predicted octanol–water partition coefficient (Wildman–Crippen LogP) is 2.95. The maximum atomic E-state index is 13.2. The molecule has 2 aliphatic heterocycles. The number of carbonyl (C=O) groups is 1. The smallest absolute Gasteiger partial charge is 0.243 e. The van der Waals surface area contributed by atoms with E-state index in [1.807, 2.05) is 46.0 Å². The van der Waals surface area contributed by atoms with Gasteiger partial charge in [0.25, 0.3) is 0 Å². The molecule has 0 aliphatic carbocycles. The van der Waals surface area contributed by atoms with Crippen molar-refractivity contribution in [3.05, 3.63) is 54.9 Å². The maximum Gasteiger partial charge on any atom is 0.243 e. The van der Waals surface area contributed by atoms with Crippen LogP contribution in [0.4, 0.5) is 5.82 Å². The molecule has 1 amide bonds. The molecule has 0 saturated carbocycles. The maximum absolute atomic E-state index is 13.2. The van der Waals surface area contributed by atoms with Crippen LogP contribution in [0.5, 0.6) is 0 Å². The molecule has 0 unspecified atom stereocenters. The van der Waals surface area contributed by atoms with Gasteiger partial charge in [0, 0.05) is 62.6 Å². The van der Waals surface area contributed by atoms with Gasteiger partial charge in [0.15, 0.2) is 0 Å². The van der Waals surface area contributed by atoms with Crippen molar-refractivity contribution in [1.82, 2.24) is 18.8 Å². The summed E-state index contributed by atoms with van der Waals surface area (Å²) in [6.07, 6.45) is 7.65. The van der Waals surface area contributed by atoms with E-state index in [1.165, 1.54) is 0 Å². The molecule has 2 aliphatic rings. The van der Waals surface area contributed by atoms with Crippen LogP contribution in [0.15, 0.2) is 59.8 Å². The number of amides is 1. The number of carbonyl (C=O) groups excluding carboxylic acids is 1. The van der Waals surface area contributed by atoms with E-state index in [2.05, 4.69) is 9.88 Å². The van der Waals surface area contributed by atoms with Crippen molar-refractivity contribution in [2.45, 2.75) is 37.1 Å². The van der Waals surface area contributed by atoms with Crippen LogP contribution in [0, 0.1) is 0 Å². The third-order valence-electron chi connectivity index (χ3n) is 6.86. The van der Waals surface area contributed by atoms with E-state index in [9.17, 15) is 13.2 Å². The van der Waals surface area contributed by atoms with Gasteiger partial charge in [-0.15, -0.1) is 0 Å². The lowest BCUT2D eigenvalue weighted by atomic mass is 10.2. The van der Waals surface area contributed by atoms with Crippen LogP contribution in [0.25, 0.3) is 10.9 Å². The Morgan fingerprint density at radius 2 is 1.65 bits per heavy atom. The summed E-state index contributed by atoms with van der Waals surface area (Å²) in [5.74, 6) is 1.01. The fourth-order valence-electron chi connectivity index (χ4n) is 4.88. The SMILES string of the molecule is O=C(Cn1ccc2cc(S(=O)(=O)N3CCCCCC3)ccc21)N1CCN(c2ccccn2)CC1. The van der Waals surface area contributed by atoms with Crippen LogP contribution in [0.3, 0.4) is 0 Å². The molecule has 0 atom stereocenters. The Bertz CT molecular complexity index is 1240. The number of piperazine rings is 1. The number of fused-ring (bicyclic) bond motifs is 1. The topological polar surface area (TPSA) is 78.8 Å².